The van der Waals surface area contributed by atoms with Gasteiger partial charge in [0.1, 0.15) is 11.5 Å². The SMILES string of the molecule is CCCCCCCCCCCCCCCCCCOC(=O)CS.Cc1cc(COCc2cc(C)c(O)c(C)c2)cc(C)c1O. The molecule has 0 unspecified atom stereocenters. The van der Waals surface area contributed by atoms with E-state index in [-0.39, 0.29) is 11.7 Å². The highest BCUT2D eigenvalue weighted by atomic mass is 32.1. The Hall–Kier alpha value is -2.18. The predicted molar refractivity (Wildman–Crippen MR) is 188 cm³/mol. The molecule has 0 heterocycles. The number of ether oxygens (including phenoxy) is 2. The molecular formula is C38H62O5S. The Labute approximate surface area is 274 Å². The minimum Gasteiger partial charge on any atom is -0.507 e. The van der Waals surface area contributed by atoms with Crippen LogP contribution < -0.4 is 0 Å². The van der Waals surface area contributed by atoms with Crippen LogP contribution in [-0.4, -0.2) is 28.5 Å². The average Bonchev–Trinajstić information content (AvgIpc) is 3.00. The fourth-order valence-corrected chi connectivity index (χ4v) is 5.52. The summed E-state index contributed by atoms with van der Waals surface area (Å²) in [5.74, 6) is 0.695. The molecule has 0 aliphatic carbocycles. The number of rotatable bonds is 22. The van der Waals surface area contributed by atoms with E-state index < -0.39 is 0 Å². The zero-order valence-corrected chi connectivity index (χ0v) is 29.4. The Bertz CT molecular complexity index is 948. The number of carbonyl (C=O) groups excluding carboxylic acids is 1. The van der Waals surface area contributed by atoms with E-state index in [1.54, 1.807) is 0 Å². The van der Waals surface area contributed by atoms with Crippen molar-refractivity contribution in [2.45, 2.75) is 151 Å². The molecule has 250 valence electrons. The number of thiol groups is 1. The number of phenols is 2. The van der Waals surface area contributed by atoms with Crippen molar-refractivity contribution >= 4 is 18.6 Å². The van der Waals surface area contributed by atoms with Gasteiger partial charge in [-0.15, -0.1) is 0 Å². The third kappa shape index (κ3) is 18.6. The number of hydrogen-bond donors (Lipinski definition) is 3. The number of esters is 1. The van der Waals surface area contributed by atoms with Gasteiger partial charge in [-0.2, -0.15) is 12.6 Å². The quantitative estimate of drug-likeness (QED) is 0.0685. The molecule has 2 aromatic rings. The highest BCUT2D eigenvalue weighted by molar-refractivity contribution is 7.81. The summed E-state index contributed by atoms with van der Waals surface area (Å²) in [6.07, 6.45) is 21.8. The largest absolute Gasteiger partial charge is 0.507 e. The lowest BCUT2D eigenvalue weighted by Crippen LogP contribution is -2.06. The Morgan fingerprint density at radius 2 is 0.909 bits per heavy atom. The summed E-state index contributed by atoms with van der Waals surface area (Å²) in [6, 6.07) is 7.76. The first-order chi connectivity index (χ1) is 21.2. The first kappa shape index (κ1) is 39.8. The summed E-state index contributed by atoms with van der Waals surface area (Å²) in [6.45, 7) is 11.4. The smallest absolute Gasteiger partial charge is 0.315 e. The van der Waals surface area contributed by atoms with Gasteiger partial charge in [-0.3, -0.25) is 4.79 Å². The molecule has 0 aliphatic rings. The van der Waals surface area contributed by atoms with Gasteiger partial charge in [-0.25, -0.2) is 0 Å². The van der Waals surface area contributed by atoms with Gasteiger partial charge in [0.25, 0.3) is 0 Å². The van der Waals surface area contributed by atoms with Gasteiger partial charge in [0.05, 0.1) is 25.6 Å². The lowest BCUT2D eigenvalue weighted by Gasteiger charge is -2.10. The molecule has 5 nitrogen and oxygen atoms in total. The van der Waals surface area contributed by atoms with E-state index in [9.17, 15) is 15.0 Å². The lowest BCUT2D eigenvalue weighted by atomic mass is 10.0. The van der Waals surface area contributed by atoms with Crippen LogP contribution in [0.25, 0.3) is 0 Å². The fourth-order valence-electron chi connectivity index (χ4n) is 5.43. The highest BCUT2D eigenvalue weighted by Crippen LogP contribution is 2.25. The number of aromatic hydroxyl groups is 2. The number of phenolic OH excluding ortho intramolecular Hbond substituents is 2. The van der Waals surface area contributed by atoms with Crippen molar-refractivity contribution in [3.05, 3.63) is 57.6 Å². The van der Waals surface area contributed by atoms with Crippen LogP contribution in [0.1, 0.15) is 143 Å². The van der Waals surface area contributed by atoms with Gasteiger partial charge in [0.15, 0.2) is 0 Å². The first-order valence-corrected chi connectivity index (χ1v) is 17.7. The monoisotopic (exact) mass is 630 g/mol. The standard InChI is InChI=1S/C20H40O2S.C18H22O3/c1-2-3-4-5-6-7-8-9-10-11-12-13-14-15-16-17-18-22-20(21)19-23;1-11-5-15(6-12(2)17(11)19)9-21-10-16-7-13(3)18(20)14(4)8-16/h23H,2-19H2,1H3;5-8,19-20H,9-10H2,1-4H3. The minimum atomic E-state index is -0.200. The highest BCUT2D eigenvalue weighted by Gasteiger charge is 2.06. The Balaban J connectivity index is 0.000000441. The van der Waals surface area contributed by atoms with E-state index in [0.29, 0.717) is 31.3 Å². The molecule has 0 aliphatic heterocycles. The second-order valence-corrected chi connectivity index (χ2v) is 12.6. The summed E-state index contributed by atoms with van der Waals surface area (Å²) in [5.41, 5.74) is 5.56. The number of unbranched alkanes of at least 4 members (excludes halogenated alkanes) is 15. The van der Waals surface area contributed by atoms with Crippen molar-refractivity contribution in [1.29, 1.82) is 0 Å². The van der Waals surface area contributed by atoms with Crippen LogP contribution in [0.15, 0.2) is 24.3 Å². The van der Waals surface area contributed by atoms with Crippen LogP contribution in [0.3, 0.4) is 0 Å². The van der Waals surface area contributed by atoms with Crippen molar-refractivity contribution in [2.75, 3.05) is 12.4 Å². The van der Waals surface area contributed by atoms with Crippen molar-refractivity contribution in [3.63, 3.8) is 0 Å². The number of hydrogen-bond acceptors (Lipinski definition) is 6. The maximum absolute atomic E-state index is 10.9. The van der Waals surface area contributed by atoms with Crippen LogP contribution in [0, 0.1) is 27.7 Å². The van der Waals surface area contributed by atoms with Gasteiger partial charge in [0, 0.05) is 0 Å². The zero-order chi connectivity index (χ0) is 32.6. The van der Waals surface area contributed by atoms with Gasteiger partial charge < -0.3 is 19.7 Å². The van der Waals surface area contributed by atoms with E-state index in [4.69, 9.17) is 9.47 Å². The molecule has 6 heteroatoms. The Kier molecular flexibility index (Phi) is 22.7. The number of carbonyl (C=O) groups is 1. The van der Waals surface area contributed by atoms with Gasteiger partial charge in [-0.05, 0) is 67.5 Å². The second-order valence-electron chi connectivity index (χ2n) is 12.3. The molecule has 2 aromatic carbocycles. The first-order valence-electron chi connectivity index (χ1n) is 17.1. The fraction of sp³-hybridized carbons (Fsp3) is 0.658. The molecular weight excluding hydrogens is 568 g/mol. The molecule has 0 aromatic heterocycles. The van der Waals surface area contributed by atoms with Crippen LogP contribution >= 0.6 is 12.6 Å². The molecule has 0 amide bonds. The topological polar surface area (TPSA) is 76.0 Å². The normalized spacial score (nSPS) is 10.9. The third-order valence-electron chi connectivity index (χ3n) is 8.03. The zero-order valence-electron chi connectivity index (χ0n) is 28.5. The Morgan fingerprint density at radius 1 is 0.591 bits per heavy atom. The van der Waals surface area contributed by atoms with E-state index >= 15 is 0 Å². The van der Waals surface area contributed by atoms with Crippen molar-refractivity contribution < 1.29 is 24.5 Å². The molecule has 0 atom stereocenters. The van der Waals surface area contributed by atoms with Crippen LogP contribution in [0.4, 0.5) is 0 Å². The second kappa shape index (κ2) is 25.1. The molecule has 44 heavy (non-hydrogen) atoms. The predicted octanol–water partition coefficient (Wildman–Crippen LogP) is 10.8. The number of aryl methyl sites for hydroxylation is 4. The summed E-state index contributed by atoms with van der Waals surface area (Å²) >= 11 is 3.88. The Morgan fingerprint density at radius 3 is 1.23 bits per heavy atom. The average molecular weight is 631 g/mol. The maximum Gasteiger partial charge on any atom is 0.315 e. The molecule has 0 saturated carbocycles. The van der Waals surface area contributed by atoms with Crippen molar-refractivity contribution in [2.24, 2.45) is 0 Å². The van der Waals surface area contributed by atoms with E-state index in [0.717, 1.165) is 39.8 Å². The maximum atomic E-state index is 10.9. The van der Waals surface area contributed by atoms with Crippen LogP contribution in [0.2, 0.25) is 0 Å². The molecule has 2 N–H and O–H groups in total. The molecule has 0 bridgehead atoms. The van der Waals surface area contributed by atoms with E-state index in [1.165, 1.54) is 96.3 Å². The van der Waals surface area contributed by atoms with Crippen LogP contribution in [-0.2, 0) is 27.5 Å². The number of benzene rings is 2. The molecule has 0 fully saturated rings. The van der Waals surface area contributed by atoms with Crippen LogP contribution in [0.5, 0.6) is 11.5 Å². The summed E-state index contributed by atoms with van der Waals surface area (Å²) in [4.78, 5) is 10.9. The molecule has 0 spiro atoms. The molecule has 0 saturated heterocycles. The molecule has 0 radical (unpaired) electrons. The van der Waals surface area contributed by atoms with E-state index in [2.05, 4.69) is 19.6 Å². The van der Waals surface area contributed by atoms with Gasteiger partial charge in [0.2, 0.25) is 0 Å². The summed E-state index contributed by atoms with van der Waals surface area (Å²) in [5, 5.41) is 19.5. The van der Waals surface area contributed by atoms with Gasteiger partial charge >= 0.3 is 5.97 Å². The summed E-state index contributed by atoms with van der Waals surface area (Å²) < 4.78 is 10.7. The third-order valence-corrected chi connectivity index (χ3v) is 8.29. The van der Waals surface area contributed by atoms with Gasteiger partial charge in [-0.1, -0.05) is 128 Å². The lowest BCUT2D eigenvalue weighted by molar-refractivity contribution is -0.140. The van der Waals surface area contributed by atoms with Crippen molar-refractivity contribution in [3.8, 4) is 11.5 Å². The molecule has 2 rings (SSSR count). The minimum absolute atomic E-state index is 0.193. The summed E-state index contributed by atoms with van der Waals surface area (Å²) in [7, 11) is 0. The van der Waals surface area contributed by atoms with E-state index in [1.807, 2.05) is 52.0 Å². The van der Waals surface area contributed by atoms with Crippen molar-refractivity contribution in [1.82, 2.24) is 0 Å².